The van der Waals surface area contributed by atoms with Gasteiger partial charge in [0.2, 0.25) is 5.91 Å². The maximum absolute atomic E-state index is 12.2. The highest BCUT2D eigenvalue weighted by Gasteiger charge is 2.30. The Morgan fingerprint density at radius 2 is 2.07 bits per heavy atom. The zero-order valence-electron chi connectivity index (χ0n) is 14.9. The molecule has 0 aromatic heterocycles. The van der Waals surface area contributed by atoms with Gasteiger partial charge in [0.15, 0.2) is 19.7 Å². The number of rotatable bonds is 7. The molecule has 2 rings (SSSR count). The zero-order valence-corrected chi connectivity index (χ0v) is 16.5. The summed E-state index contributed by atoms with van der Waals surface area (Å²) in [5.41, 5.74) is -0.305. The summed E-state index contributed by atoms with van der Waals surface area (Å²) >= 11 is 0. The fourth-order valence-electron chi connectivity index (χ4n) is 2.87. The van der Waals surface area contributed by atoms with Gasteiger partial charge in [-0.3, -0.25) is 14.9 Å². The van der Waals surface area contributed by atoms with Crippen LogP contribution in [0.3, 0.4) is 0 Å². The van der Waals surface area contributed by atoms with Gasteiger partial charge in [0, 0.05) is 24.9 Å². The lowest BCUT2D eigenvalue weighted by Gasteiger charge is -2.23. The molecule has 27 heavy (non-hydrogen) atoms. The Hall–Kier alpha value is -2.21. The Balaban J connectivity index is 2.21. The summed E-state index contributed by atoms with van der Waals surface area (Å²) < 4.78 is 46.2. The topological polar surface area (TPSA) is 144 Å². The van der Waals surface area contributed by atoms with Crippen LogP contribution in [0.2, 0.25) is 0 Å². The molecule has 1 aliphatic rings. The van der Waals surface area contributed by atoms with Gasteiger partial charge in [-0.25, -0.2) is 16.8 Å². The van der Waals surface area contributed by atoms with E-state index in [1.54, 1.807) is 6.92 Å². The molecule has 10 nitrogen and oxygen atoms in total. The molecule has 1 fully saturated rings. The third-order valence-corrected chi connectivity index (χ3v) is 7.10. The van der Waals surface area contributed by atoms with Crippen molar-refractivity contribution in [2.75, 3.05) is 35.8 Å². The summed E-state index contributed by atoms with van der Waals surface area (Å²) in [7, 11) is -6.76. The molecule has 1 aliphatic heterocycles. The van der Waals surface area contributed by atoms with Gasteiger partial charge in [-0.2, -0.15) is 0 Å². The number of benzene rings is 1. The number of nitrogens with zero attached hydrogens (tertiary/aromatic N) is 2. The first-order valence-electron chi connectivity index (χ1n) is 8.16. The van der Waals surface area contributed by atoms with E-state index in [0.29, 0.717) is 6.42 Å². The van der Waals surface area contributed by atoms with Crippen LogP contribution in [0.4, 0.5) is 11.4 Å². The second-order valence-corrected chi connectivity index (χ2v) is 10.6. The van der Waals surface area contributed by atoms with E-state index in [-0.39, 0.29) is 35.2 Å². The first kappa shape index (κ1) is 21.1. The van der Waals surface area contributed by atoms with E-state index >= 15 is 0 Å². The molecular formula is C15H21N3O7S2. The van der Waals surface area contributed by atoms with Gasteiger partial charge in [0.1, 0.15) is 5.69 Å². The smallest absolute Gasteiger partial charge is 0.293 e. The maximum Gasteiger partial charge on any atom is 0.293 e. The zero-order chi connectivity index (χ0) is 20.4. The van der Waals surface area contributed by atoms with E-state index in [0.717, 1.165) is 12.3 Å². The third-order valence-electron chi connectivity index (χ3n) is 4.23. The molecule has 0 radical (unpaired) electrons. The van der Waals surface area contributed by atoms with Crippen LogP contribution in [0.5, 0.6) is 0 Å². The molecule has 0 unspecified atom stereocenters. The average molecular weight is 419 g/mol. The van der Waals surface area contributed by atoms with E-state index in [9.17, 15) is 31.7 Å². The number of hydrogen-bond acceptors (Lipinski definition) is 8. The van der Waals surface area contributed by atoms with Crippen molar-refractivity contribution in [1.29, 1.82) is 0 Å². The molecule has 1 saturated heterocycles. The average Bonchev–Trinajstić information content (AvgIpc) is 2.89. The Morgan fingerprint density at radius 3 is 2.56 bits per heavy atom. The van der Waals surface area contributed by atoms with Crippen molar-refractivity contribution in [3.63, 3.8) is 0 Å². The molecule has 1 aromatic carbocycles. The molecule has 12 heteroatoms. The minimum absolute atomic E-state index is 0.0217. The van der Waals surface area contributed by atoms with Gasteiger partial charge in [0.05, 0.1) is 27.9 Å². The molecule has 1 aromatic rings. The van der Waals surface area contributed by atoms with Crippen LogP contribution in [0.15, 0.2) is 23.1 Å². The fourth-order valence-corrected chi connectivity index (χ4v) is 5.18. The molecule has 1 heterocycles. The van der Waals surface area contributed by atoms with Crippen LogP contribution >= 0.6 is 0 Å². The van der Waals surface area contributed by atoms with Crippen LogP contribution in [0.1, 0.15) is 13.3 Å². The molecular weight excluding hydrogens is 398 g/mol. The highest BCUT2D eigenvalue weighted by atomic mass is 32.2. The standard InChI is InChI=1S/C15H21N3O7S2/c1-3-17(9-15(19)16-11-6-7-27(24,25)10-11)13-5-4-12(26(2,22)23)8-14(13)18(20)21/h4-5,8,11H,3,6-7,9-10H2,1-2H3,(H,16,19)/t11-/m1/s1. The molecule has 0 bridgehead atoms. The highest BCUT2D eigenvalue weighted by molar-refractivity contribution is 7.91. The number of likely N-dealkylation sites (N-methyl/N-ethyl adjacent to an activating group) is 1. The van der Waals surface area contributed by atoms with Gasteiger partial charge in [-0.1, -0.05) is 0 Å². The second kappa shape index (κ2) is 7.80. The Morgan fingerprint density at radius 1 is 1.41 bits per heavy atom. The van der Waals surface area contributed by atoms with E-state index in [1.165, 1.54) is 17.0 Å². The molecule has 1 N–H and O–H groups in total. The largest absolute Gasteiger partial charge is 0.357 e. The molecule has 0 spiro atoms. The Labute approximate surface area is 157 Å². The number of nitro benzene ring substituents is 1. The summed E-state index contributed by atoms with van der Waals surface area (Å²) in [5.74, 6) is -0.553. The number of nitro groups is 1. The Kier molecular flexibility index (Phi) is 6.10. The Bertz CT molecular complexity index is 958. The predicted molar refractivity (Wildman–Crippen MR) is 99.3 cm³/mol. The first-order chi connectivity index (χ1) is 12.4. The molecule has 150 valence electrons. The van der Waals surface area contributed by atoms with E-state index in [1.807, 2.05) is 0 Å². The number of nitrogens with one attached hydrogen (secondary N) is 1. The number of hydrogen-bond donors (Lipinski definition) is 1. The lowest BCUT2D eigenvalue weighted by molar-refractivity contribution is -0.384. The monoisotopic (exact) mass is 419 g/mol. The quantitative estimate of drug-likeness (QED) is 0.485. The van der Waals surface area contributed by atoms with Crippen molar-refractivity contribution in [1.82, 2.24) is 5.32 Å². The van der Waals surface area contributed by atoms with Gasteiger partial charge in [-0.05, 0) is 25.5 Å². The fraction of sp³-hybridized carbons (Fsp3) is 0.533. The molecule has 1 amide bonds. The van der Waals surface area contributed by atoms with Crippen molar-refractivity contribution < 1.29 is 26.6 Å². The lowest BCUT2D eigenvalue weighted by Crippen LogP contribution is -2.42. The van der Waals surface area contributed by atoms with Crippen LogP contribution in [0, 0.1) is 10.1 Å². The predicted octanol–water partition coefficient (Wildman–Crippen LogP) is 0.128. The van der Waals surface area contributed by atoms with Crippen molar-refractivity contribution in [2.45, 2.75) is 24.3 Å². The van der Waals surface area contributed by atoms with E-state index in [4.69, 9.17) is 0 Å². The van der Waals surface area contributed by atoms with Gasteiger partial charge in [0.25, 0.3) is 5.69 Å². The number of sulfone groups is 2. The maximum atomic E-state index is 12.2. The minimum Gasteiger partial charge on any atom is -0.357 e. The van der Waals surface area contributed by atoms with Crippen molar-refractivity contribution >= 4 is 37.0 Å². The van der Waals surface area contributed by atoms with E-state index in [2.05, 4.69) is 5.32 Å². The van der Waals surface area contributed by atoms with Crippen LogP contribution in [-0.4, -0.2) is 64.6 Å². The molecule has 0 aliphatic carbocycles. The summed E-state index contributed by atoms with van der Waals surface area (Å²) in [6.45, 7) is 1.74. The summed E-state index contributed by atoms with van der Waals surface area (Å²) in [6, 6.07) is 3.05. The number of amides is 1. The number of carbonyl (C=O) groups is 1. The second-order valence-electron chi connectivity index (χ2n) is 6.36. The molecule has 0 saturated carbocycles. The van der Waals surface area contributed by atoms with Crippen molar-refractivity contribution in [2.24, 2.45) is 0 Å². The first-order valence-corrected chi connectivity index (χ1v) is 11.9. The number of anilines is 1. The summed E-state index contributed by atoms with van der Waals surface area (Å²) in [5, 5.41) is 14.0. The highest BCUT2D eigenvalue weighted by Crippen LogP contribution is 2.30. The van der Waals surface area contributed by atoms with Gasteiger partial charge >= 0.3 is 0 Å². The van der Waals surface area contributed by atoms with Crippen molar-refractivity contribution in [3.05, 3.63) is 28.3 Å². The molecule has 1 atom stereocenters. The van der Waals surface area contributed by atoms with Gasteiger partial charge < -0.3 is 10.2 Å². The summed E-state index contributed by atoms with van der Waals surface area (Å²) in [4.78, 5) is 24.2. The SMILES string of the molecule is CCN(CC(=O)N[C@@H]1CCS(=O)(=O)C1)c1ccc(S(C)(=O)=O)cc1[N+](=O)[O-]. The van der Waals surface area contributed by atoms with E-state index < -0.39 is 42.2 Å². The van der Waals surface area contributed by atoms with Crippen molar-refractivity contribution in [3.8, 4) is 0 Å². The lowest BCUT2D eigenvalue weighted by atomic mass is 10.2. The third kappa shape index (κ3) is 5.39. The van der Waals surface area contributed by atoms with Crippen LogP contribution in [-0.2, 0) is 24.5 Å². The number of carbonyl (C=O) groups excluding carboxylic acids is 1. The normalized spacial score (nSPS) is 18.8. The minimum atomic E-state index is -3.62. The summed E-state index contributed by atoms with van der Waals surface area (Å²) in [6.07, 6.45) is 1.29. The van der Waals surface area contributed by atoms with Gasteiger partial charge in [-0.15, -0.1) is 0 Å². The van der Waals surface area contributed by atoms with Crippen LogP contribution < -0.4 is 10.2 Å². The van der Waals surface area contributed by atoms with Crippen LogP contribution in [0.25, 0.3) is 0 Å².